The van der Waals surface area contributed by atoms with Crippen LogP contribution in [0.4, 0.5) is 4.39 Å². The van der Waals surface area contributed by atoms with Crippen LogP contribution >= 0.6 is 0 Å². The van der Waals surface area contributed by atoms with Crippen LogP contribution < -0.4 is 0 Å². The Morgan fingerprint density at radius 3 is 2.53 bits per heavy atom. The van der Waals surface area contributed by atoms with Gasteiger partial charge >= 0.3 is 5.97 Å². The van der Waals surface area contributed by atoms with Crippen molar-refractivity contribution in [3.8, 4) is 11.1 Å². The van der Waals surface area contributed by atoms with E-state index in [9.17, 15) is 14.0 Å². The second kappa shape index (κ2) is 8.57. The van der Waals surface area contributed by atoms with Crippen LogP contribution in [0, 0.1) is 5.82 Å². The number of carboxylic acid groups (broad SMARTS) is 1. The van der Waals surface area contributed by atoms with Gasteiger partial charge in [-0.2, -0.15) is 0 Å². The van der Waals surface area contributed by atoms with E-state index in [0.717, 1.165) is 46.1 Å². The smallest absolute Gasteiger partial charge is 0.310 e. The van der Waals surface area contributed by atoms with E-state index >= 15 is 0 Å². The Kier molecular flexibility index (Phi) is 5.70. The number of benzene rings is 2. The number of aliphatic carboxylic acids is 1. The monoisotopic (exact) mass is 403 g/mol. The number of pyridine rings is 1. The fourth-order valence-corrected chi connectivity index (χ4v) is 3.71. The topological polar surface area (TPSA) is 67.3 Å². The molecule has 0 unspecified atom stereocenters. The van der Waals surface area contributed by atoms with E-state index in [1.165, 1.54) is 12.1 Å². The molecule has 4 rings (SSSR count). The molecule has 1 heterocycles. The first kappa shape index (κ1) is 20.0. The lowest BCUT2D eigenvalue weighted by molar-refractivity contribution is -0.140. The number of Topliss-reactive ketones (excluding diaryl/α,β-unsaturated/α-hetero) is 1. The second-order valence-corrected chi connectivity index (χ2v) is 7.63. The molecule has 4 nitrogen and oxygen atoms in total. The van der Waals surface area contributed by atoms with Gasteiger partial charge in [0.05, 0.1) is 11.2 Å². The SMILES string of the molecule is O=C(O)CC(=O)CCC=Cc1c(C2CC2)nc2ccccc2c1-c1ccc(F)cc1. The molecular weight excluding hydrogens is 381 g/mol. The molecule has 0 amide bonds. The molecule has 0 atom stereocenters. The fraction of sp³-hybridized carbons (Fsp3) is 0.240. The Morgan fingerprint density at radius 1 is 1.10 bits per heavy atom. The third-order valence-electron chi connectivity index (χ3n) is 5.28. The lowest BCUT2D eigenvalue weighted by Crippen LogP contribution is -2.05. The number of para-hydroxylation sites is 1. The van der Waals surface area contributed by atoms with Crippen molar-refractivity contribution in [3.63, 3.8) is 0 Å². The van der Waals surface area contributed by atoms with Crippen LogP contribution in [0.3, 0.4) is 0 Å². The quantitative estimate of drug-likeness (QED) is 0.486. The van der Waals surface area contributed by atoms with Gasteiger partial charge in [-0.05, 0) is 43.0 Å². The van der Waals surface area contributed by atoms with Crippen LogP contribution in [0.1, 0.15) is 49.3 Å². The van der Waals surface area contributed by atoms with Crippen molar-refractivity contribution in [2.75, 3.05) is 0 Å². The molecule has 1 N–H and O–H groups in total. The maximum atomic E-state index is 13.5. The molecule has 1 saturated carbocycles. The van der Waals surface area contributed by atoms with Gasteiger partial charge in [0, 0.05) is 28.9 Å². The summed E-state index contributed by atoms with van der Waals surface area (Å²) in [4.78, 5) is 27.3. The molecule has 0 spiro atoms. The zero-order chi connectivity index (χ0) is 21.1. The van der Waals surface area contributed by atoms with Gasteiger partial charge in [0.2, 0.25) is 0 Å². The first-order valence-electron chi connectivity index (χ1n) is 10.1. The number of carbonyl (C=O) groups is 2. The highest BCUT2D eigenvalue weighted by molar-refractivity contribution is 5.99. The zero-order valence-corrected chi connectivity index (χ0v) is 16.5. The van der Waals surface area contributed by atoms with Gasteiger partial charge in [0.25, 0.3) is 0 Å². The van der Waals surface area contributed by atoms with E-state index in [-0.39, 0.29) is 18.0 Å². The number of ketones is 1. The minimum atomic E-state index is -1.10. The van der Waals surface area contributed by atoms with Crippen molar-refractivity contribution < 1.29 is 19.1 Å². The van der Waals surface area contributed by atoms with Crippen molar-refractivity contribution in [1.29, 1.82) is 0 Å². The number of aromatic nitrogens is 1. The Bertz CT molecular complexity index is 1130. The molecule has 1 aliphatic carbocycles. The fourth-order valence-electron chi connectivity index (χ4n) is 3.71. The summed E-state index contributed by atoms with van der Waals surface area (Å²) in [7, 11) is 0. The first-order chi connectivity index (χ1) is 14.5. The van der Waals surface area contributed by atoms with Gasteiger partial charge in [0.1, 0.15) is 18.0 Å². The van der Waals surface area contributed by atoms with Gasteiger partial charge in [-0.3, -0.25) is 14.6 Å². The molecule has 0 radical (unpaired) electrons. The van der Waals surface area contributed by atoms with Crippen molar-refractivity contribution in [3.05, 3.63) is 71.7 Å². The maximum Gasteiger partial charge on any atom is 0.310 e. The van der Waals surface area contributed by atoms with Crippen molar-refractivity contribution >= 4 is 28.7 Å². The van der Waals surface area contributed by atoms with Crippen LogP contribution in [-0.4, -0.2) is 21.8 Å². The van der Waals surface area contributed by atoms with E-state index in [0.29, 0.717) is 12.3 Å². The zero-order valence-electron chi connectivity index (χ0n) is 16.5. The molecule has 3 aromatic rings. The molecule has 0 aliphatic heterocycles. The van der Waals surface area contributed by atoms with Crippen LogP contribution in [0.2, 0.25) is 0 Å². The number of halogens is 1. The minimum Gasteiger partial charge on any atom is -0.481 e. The third-order valence-corrected chi connectivity index (χ3v) is 5.28. The second-order valence-electron chi connectivity index (χ2n) is 7.63. The highest BCUT2D eigenvalue weighted by atomic mass is 19.1. The lowest BCUT2D eigenvalue weighted by atomic mass is 9.92. The van der Waals surface area contributed by atoms with Gasteiger partial charge in [-0.15, -0.1) is 0 Å². The summed E-state index contributed by atoms with van der Waals surface area (Å²) in [5.74, 6) is -1.27. The maximum absolute atomic E-state index is 13.5. The van der Waals surface area contributed by atoms with E-state index in [2.05, 4.69) is 0 Å². The Hall–Kier alpha value is -3.34. The Balaban J connectivity index is 1.76. The molecule has 0 saturated heterocycles. The van der Waals surface area contributed by atoms with Crippen molar-refractivity contribution in [1.82, 2.24) is 4.98 Å². The molecule has 1 aliphatic rings. The summed E-state index contributed by atoms with van der Waals surface area (Å²) in [6.45, 7) is 0. The normalized spacial score (nSPS) is 13.8. The predicted octanol–water partition coefficient (Wildman–Crippen LogP) is 5.76. The number of hydrogen-bond acceptors (Lipinski definition) is 3. The first-order valence-corrected chi connectivity index (χ1v) is 10.1. The highest BCUT2D eigenvalue weighted by Gasteiger charge is 2.29. The molecule has 5 heteroatoms. The number of hydrogen-bond donors (Lipinski definition) is 1. The standard InChI is InChI=1S/C25H22FNO3/c26-18-13-11-16(12-14-18)24-20-6-3-4-8-22(20)27-25(17-9-10-17)21(24)7-2-1-5-19(28)15-23(29)30/h2-4,6-8,11-14,17H,1,5,9-10,15H2,(H,29,30). The predicted molar refractivity (Wildman–Crippen MR) is 115 cm³/mol. The Labute approximate surface area is 174 Å². The lowest BCUT2D eigenvalue weighted by Gasteiger charge is -2.15. The molecule has 30 heavy (non-hydrogen) atoms. The van der Waals surface area contributed by atoms with Gasteiger partial charge in [-0.25, -0.2) is 4.39 Å². The van der Waals surface area contributed by atoms with Crippen molar-refractivity contribution in [2.24, 2.45) is 0 Å². The Morgan fingerprint density at radius 2 is 1.83 bits per heavy atom. The molecule has 152 valence electrons. The van der Waals surface area contributed by atoms with E-state index in [1.54, 1.807) is 12.1 Å². The van der Waals surface area contributed by atoms with E-state index < -0.39 is 12.4 Å². The van der Waals surface area contributed by atoms with E-state index in [4.69, 9.17) is 10.1 Å². The number of carboxylic acids is 1. The van der Waals surface area contributed by atoms with Gasteiger partial charge in [-0.1, -0.05) is 42.5 Å². The number of allylic oxidation sites excluding steroid dienone is 1. The molecule has 0 bridgehead atoms. The number of rotatable bonds is 8. The highest BCUT2D eigenvalue weighted by Crippen LogP contribution is 2.45. The summed E-state index contributed by atoms with van der Waals surface area (Å²) >= 11 is 0. The molecule has 1 aromatic heterocycles. The van der Waals surface area contributed by atoms with Gasteiger partial charge in [0.15, 0.2) is 0 Å². The van der Waals surface area contributed by atoms with Crippen LogP contribution in [0.15, 0.2) is 54.6 Å². The van der Waals surface area contributed by atoms with E-state index in [1.807, 2.05) is 36.4 Å². The summed E-state index contributed by atoms with van der Waals surface area (Å²) in [5, 5.41) is 9.73. The molecule has 1 fully saturated rings. The number of nitrogens with zero attached hydrogens (tertiary/aromatic N) is 1. The van der Waals surface area contributed by atoms with Crippen LogP contribution in [0.25, 0.3) is 28.1 Å². The molecular formula is C25H22FNO3. The summed E-state index contributed by atoms with van der Waals surface area (Å²) in [5.41, 5.74) is 4.86. The average Bonchev–Trinajstić information content (AvgIpc) is 3.56. The van der Waals surface area contributed by atoms with Crippen LogP contribution in [0.5, 0.6) is 0 Å². The molecule has 2 aromatic carbocycles. The number of fused-ring (bicyclic) bond motifs is 1. The summed E-state index contributed by atoms with van der Waals surface area (Å²) in [6.07, 6.45) is 6.28. The van der Waals surface area contributed by atoms with Crippen molar-refractivity contribution in [2.45, 2.75) is 38.0 Å². The van der Waals surface area contributed by atoms with Gasteiger partial charge < -0.3 is 5.11 Å². The largest absolute Gasteiger partial charge is 0.481 e. The summed E-state index contributed by atoms with van der Waals surface area (Å²) in [6, 6.07) is 14.4. The van der Waals surface area contributed by atoms with Crippen LogP contribution in [-0.2, 0) is 9.59 Å². The third kappa shape index (κ3) is 4.46. The minimum absolute atomic E-state index is 0.189. The summed E-state index contributed by atoms with van der Waals surface area (Å²) < 4.78 is 13.5. The average molecular weight is 403 g/mol. The number of carbonyl (C=O) groups excluding carboxylic acids is 1.